The number of carbonyl (C=O) groups is 2. The number of anilines is 3. The molecule has 1 aromatic heterocycles. The van der Waals surface area contributed by atoms with Gasteiger partial charge in [0.25, 0.3) is 0 Å². The molecule has 0 radical (unpaired) electrons. The summed E-state index contributed by atoms with van der Waals surface area (Å²) in [6.45, 7) is 6.13. The second kappa shape index (κ2) is 12.3. The van der Waals surface area contributed by atoms with Crippen LogP contribution in [-0.2, 0) is 9.47 Å². The molecule has 2 amide bonds. The number of ether oxygens (including phenoxy) is 3. The lowest BCUT2D eigenvalue weighted by atomic mass is 10.2. The molecule has 1 fully saturated rings. The van der Waals surface area contributed by atoms with Crippen LogP contribution in [-0.4, -0.2) is 61.5 Å². The highest BCUT2D eigenvalue weighted by atomic mass is 19.2. The van der Waals surface area contributed by atoms with Crippen LogP contribution in [0.1, 0.15) is 24.3 Å². The van der Waals surface area contributed by atoms with Crippen molar-refractivity contribution in [3.05, 3.63) is 59.8 Å². The van der Waals surface area contributed by atoms with E-state index in [2.05, 4.69) is 15.6 Å². The van der Waals surface area contributed by atoms with E-state index < -0.39 is 23.6 Å². The van der Waals surface area contributed by atoms with Crippen LogP contribution < -0.4 is 20.3 Å². The average molecular weight is 528 g/mol. The molecule has 4 rings (SSSR count). The number of rotatable bonds is 8. The van der Waals surface area contributed by atoms with Gasteiger partial charge in [0.1, 0.15) is 0 Å². The number of benzene rings is 2. The minimum Gasteiger partial charge on any atom is -0.488 e. The van der Waals surface area contributed by atoms with Gasteiger partial charge in [-0.2, -0.15) is 0 Å². The van der Waals surface area contributed by atoms with Crippen molar-refractivity contribution in [2.45, 2.75) is 13.8 Å². The first-order chi connectivity index (χ1) is 18.4. The number of halogens is 2. The Morgan fingerprint density at radius 1 is 0.947 bits per heavy atom. The molecule has 0 aliphatic carbocycles. The van der Waals surface area contributed by atoms with Crippen LogP contribution in [0, 0.1) is 11.6 Å². The van der Waals surface area contributed by atoms with Crippen LogP contribution in [0.25, 0.3) is 11.4 Å². The van der Waals surface area contributed by atoms with Gasteiger partial charge in [-0.1, -0.05) is 0 Å². The molecule has 0 bridgehead atoms. The molecule has 200 valence electrons. The summed E-state index contributed by atoms with van der Waals surface area (Å²) in [7, 11) is 0. The van der Waals surface area contributed by atoms with Crippen LogP contribution in [0.15, 0.2) is 42.5 Å². The maximum Gasteiger partial charge on any atom is 0.361 e. The molecule has 0 saturated carbocycles. The van der Waals surface area contributed by atoms with Gasteiger partial charge in [0.2, 0.25) is 0 Å². The molecule has 3 aromatic rings. The summed E-state index contributed by atoms with van der Waals surface area (Å²) in [5.74, 6) is -1.70. The van der Waals surface area contributed by atoms with Gasteiger partial charge in [-0.3, -0.25) is 0 Å². The lowest BCUT2D eigenvalue weighted by Crippen LogP contribution is -2.37. The van der Waals surface area contributed by atoms with Gasteiger partial charge in [0.15, 0.2) is 34.7 Å². The third kappa shape index (κ3) is 6.32. The van der Waals surface area contributed by atoms with Gasteiger partial charge in [-0.25, -0.2) is 28.3 Å². The normalized spacial score (nSPS) is 13.1. The van der Waals surface area contributed by atoms with Gasteiger partial charge < -0.3 is 29.7 Å². The number of esters is 1. The van der Waals surface area contributed by atoms with Crippen LogP contribution in [0.4, 0.5) is 30.8 Å². The van der Waals surface area contributed by atoms with E-state index in [1.165, 1.54) is 6.07 Å². The first-order valence-electron chi connectivity index (χ1n) is 12.1. The largest absolute Gasteiger partial charge is 0.488 e. The lowest BCUT2D eigenvalue weighted by Gasteiger charge is -2.29. The Bertz CT molecular complexity index is 1300. The fourth-order valence-corrected chi connectivity index (χ4v) is 3.74. The Hall–Kier alpha value is -4.32. The quantitative estimate of drug-likeness (QED) is 0.412. The number of carbonyl (C=O) groups excluding carboxylic acids is 2. The number of amides is 2. The maximum atomic E-state index is 13.4. The first-order valence-corrected chi connectivity index (χ1v) is 12.1. The molecule has 0 unspecified atom stereocenters. The maximum absolute atomic E-state index is 13.4. The molecule has 2 heterocycles. The monoisotopic (exact) mass is 527 g/mol. The van der Waals surface area contributed by atoms with Crippen molar-refractivity contribution in [3.63, 3.8) is 0 Å². The molecule has 12 heteroatoms. The van der Waals surface area contributed by atoms with E-state index in [1.54, 1.807) is 38.1 Å². The summed E-state index contributed by atoms with van der Waals surface area (Å²) in [4.78, 5) is 36.2. The number of hydrogen-bond donors (Lipinski definition) is 2. The average Bonchev–Trinajstić information content (AvgIpc) is 2.92. The molecule has 1 aliphatic rings. The van der Waals surface area contributed by atoms with Crippen molar-refractivity contribution in [3.8, 4) is 17.1 Å². The van der Waals surface area contributed by atoms with Gasteiger partial charge in [0.05, 0.1) is 26.4 Å². The minimum atomic E-state index is -1.07. The zero-order valence-electron chi connectivity index (χ0n) is 20.9. The van der Waals surface area contributed by atoms with Crippen molar-refractivity contribution in [1.82, 2.24) is 9.97 Å². The highest BCUT2D eigenvalue weighted by Crippen LogP contribution is 2.33. The second-order valence-corrected chi connectivity index (χ2v) is 8.09. The third-order valence-corrected chi connectivity index (χ3v) is 5.49. The summed E-state index contributed by atoms with van der Waals surface area (Å²) in [6.07, 6.45) is 0. The molecule has 10 nitrogen and oxygen atoms in total. The highest BCUT2D eigenvalue weighted by molar-refractivity contribution is 6.00. The van der Waals surface area contributed by atoms with E-state index in [-0.39, 0.29) is 29.6 Å². The van der Waals surface area contributed by atoms with Gasteiger partial charge >= 0.3 is 12.0 Å². The molecule has 0 atom stereocenters. The summed E-state index contributed by atoms with van der Waals surface area (Å²) in [6, 6.07) is 9.02. The van der Waals surface area contributed by atoms with E-state index in [1.807, 2.05) is 4.90 Å². The first kappa shape index (κ1) is 26.7. The molecule has 2 N–H and O–H groups in total. The van der Waals surface area contributed by atoms with Gasteiger partial charge in [-0.15, -0.1) is 0 Å². The number of aromatic nitrogens is 2. The molecule has 1 aliphatic heterocycles. The number of morpholine rings is 1. The van der Waals surface area contributed by atoms with E-state index >= 15 is 0 Å². The van der Waals surface area contributed by atoms with Crippen molar-refractivity contribution < 1.29 is 32.6 Å². The SMILES string of the molecule is CCOC(=O)c1nc(-c2ccc(NC(=O)Nc3ccc(F)c(F)c3)cc2)nc(N2CCOCC2)c1OCC. The van der Waals surface area contributed by atoms with E-state index in [9.17, 15) is 18.4 Å². The smallest absolute Gasteiger partial charge is 0.361 e. The van der Waals surface area contributed by atoms with Crippen LogP contribution in [0.2, 0.25) is 0 Å². The van der Waals surface area contributed by atoms with E-state index in [0.29, 0.717) is 50.0 Å². The summed E-state index contributed by atoms with van der Waals surface area (Å²) in [5.41, 5.74) is 1.13. The number of nitrogens with zero attached hydrogens (tertiary/aromatic N) is 3. The lowest BCUT2D eigenvalue weighted by molar-refractivity contribution is 0.0514. The Morgan fingerprint density at radius 2 is 1.63 bits per heavy atom. The van der Waals surface area contributed by atoms with Crippen molar-refractivity contribution in [1.29, 1.82) is 0 Å². The fraction of sp³-hybridized carbons (Fsp3) is 0.308. The molecule has 1 saturated heterocycles. The topological polar surface area (TPSA) is 115 Å². The Kier molecular flexibility index (Phi) is 8.64. The Labute approximate surface area is 217 Å². The predicted octanol–water partition coefficient (Wildman–Crippen LogP) is 4.48. The number of hydrogen-bond acceptors (Lipinski definition) is 8. The van der Waals surface area contributed by atoms with Crippen molar-refractivity contribution in [2.24, 2.45) is 0 Å². The summed E-state index contributed by atoms with van der Waals surface area (Å²) < 4.78 is 43.0. The van der Waals surface area contributed by atoms with Crippen LogP contribution in [0.3, 0.4) is 0 Å². The highest BCUT2D eigenvalue weighted by Gasteiger charge is 2.27. The molecule has 38 heavy (non-hydrogen) atoms. The van der Waals surface area contributed by atoms with Crippen molar-refractivity contribution >= 4 is 29.2 Å². The second-order valence-electron chi connectivity index (χ2n) is 8.09. The van der Waals surface area contributed by atoms with Crippen LogP contribution in [0.5, 0.6) is 5.75 Å². The van der Waals surface area contributed by atoms with Crippen LogP contribution >= 0.6 is 0 Å². The Balaban J connectivity index is 1.60. The fourth-order valence-electron chi connectivity index (χ4n) is 3.74. The zero-order chi connectivity index (χ0) is 27.1. The molecule has 0 spiro atoms. The third-order valence-electron chi connectivity index (χ3n) is 5.49. The number of urea groups is 1. The van der Waals surface area contributed by atoms with E-state index in [4.69, 9.17) is 19.2 Å². The minimum absolute atomic E-state index is 0.0216. The zero-order valence-corrected chi connectivity index (χ0v) is 20.9. The molecule has 2 aromatic carbocycles. The van der Waals surface area contributed by atoms with E-state index in [0.717, 1.165) is 12.1 Å². The van der Waals surface area contributed by atoms with Gasteiger partial charge in [-0.05, 0) is 50.2 Å². The standard InChI is InChI=1S/C26H27F2N5O5/c1-3-37-22-21(25(34)38-4-2)31-23(32-24(22)33-11-13-36-14-12-33)16-5-7-17(8-6-16)29-26(35)30-18-9-10-19(27)20(28)15-18/h5-10,15H,3-4,11-14H2,1-2H3,(H2,29,30,35). The molecular formula is C26H27F2N5O5. The number of nitrogens with one attached hydrogen (secondary N) is 2. The summed E-state index contributed by atoms with van der Waals surface area (Å²) in [5, 5.41) is 5.05. The van der Waals surface area contributed by atoms with Gasteiger partial charge in [0, 0.05) is 36.1 Å². The van der Waals surface area contributed by atoms with Crippen molar-refractivity contribution in [2.75, 3.05) is 55.1 Å². The summed E-state index contributed by atoms with van der Waals surface area (Å²) >= 11 is 0. The Morgan fingerprint density at radius 3 is 2.29 bits per heavy atom. The predicted molar refractivity (Wildman–Crippen MR) is 137 cm³/mol. The molecular weight excluding hydrogens is 500 g/mol.